The Morgan fingerprint density at radius 3 is 2.72 bits per heavy atom. The van der Waals surface area contributed by atoms with Gasteiger partial charge in [-0.3, -0.25) is 4.79 Å². The molecule has 3 N–H and O–H groups in total. The zero-order chi connectivity index (χ0) is 12.5. The second-order valence-electron chi connectivity index (χ2n) is 6.20. The van der Waals surface area contributed by atoms with Crippen LogP contribution < -0.4 is 11.1 Å². The van der Waals surface area contributed by atoms with Gasteiger partial charge in [-0.05, 0) is 44.4 Å². The van der Waals surface area contributed by atoms with Gasteiger partial charge in [0.25, 0.3) is 0 Å². The van der Waals surface area contributed by atoms with E-state index < -0.39 is 0 Å². The number of carbonyl (C=O) groups is 1. The van der Waals surface area contributed by atoms with E-state index in [9.17, 15) is 4.79 Å². The lowest BCUT2D eigenvalue weighted by Gasteiger charge is -2.28. The molecule has 0 radical (unpaired) electrons. The molecule has 18 heavy (non-hydrogen) atoms. The number of rotatable bonds is 3. The lowest BCUT2D eigenvalue weighted by Crippen LogP contribution is -2.46. The van der Waals surface area contributed by atoms with E-state index in [4.69, 9.17) is 10.5 Å². The van der Waals surface area contributed by atoms with Gasteiger partial charge in [0.1, 0.15) is 0 Å². The monoisotopic (exact) mass is 252 g/mol. The summed E-state index contributed by atoms with van der Waals surface area (Å²) in [5.74, 6) is 1.05. The van der Waals surface area contributed by atoms with Crippen molar-refractivity contribution in [2.45, 2.75) is 63.1 Å². The Balaban J connectivity index is 1.53. The number of hydrogen-bond donors (Lipinski definition) is 2. The van der Waals surface area contributed by atoms with E-state index in [1.165, 1.54) is 12.8 Å². The second-order valence-corrected chi connectivity index (χ2v) is 6.20. The molecule has 0 aromatic rings. The van der Waals surface area contributed by atoms with Crippen molar-refractivity contribution < 1.29 is 9.53 Å². The molecule has 1 saturated heterocycles. The lowest BCUT2D eigenvalue weighted by atomic mass is 9.85. The zero-order valence-corrected chi connectivity index (χ0v) is 10.9. The standard InChI is InChI=1S/C14H24N2O2/c15-11-3-1-2-10(8-11)14(17)16-12-6-7-18-13(12)9-4-5-9/h9-13H,1-8,15H2,(H,16,17). The lowest BCUT2D eigenvalue weighted by molar-refractivity contribution is -0.127. The summed E-state index contributed by atoms with van der Waals surface area (Å²) in [4.78, 5) is 12.3. The highest BCUT2D eigenvalue weighted by Crippen LogP contribution is 2.39. The molecule has 0 spiro atoms. The summed E-state index contributed by atoms with van der Waals surface area (Å²) in [5.41, 5.74) is 5.95. The molecule has 2 aliphatic carbocycles. The average molecular weight is 252 g/mol. The van der Waals surface area contributed by atoms with Crippen LogP contribution >= 0.6 is 0 Å². The van der Waals surface area contributed by atoms with Crippen LogP contribution in [0.3, 0.4) is 0 Å². The van der Waals surface area contributed by atoms with Gasteiger partial charge in [-0.25, -0.2) is 0 Å². The van der Waals surface area contributed by atoms with Gasteiger partial charge >= 0.3 is 0 Å². The molecule has 4 nitrogen and oxygen atoms in total. The van der Waals surface area contributed by atoms with E-state index in [0.717, 1.165) is 38.7 Å². The summed E-state index contributed by atoms with van der Waals surface area (Å²) in [6.07, 6.45) is 7.82. The van der Waals surface area contributed by atoms with Gasteiger partial charge in [-0.1, -0.05) is 6.42 Å². The Bertz CT molecular complexity index is 317. The van der Waals surface area contributed by atoms with Crippen molar-refractivity contribution >= 4 is 5.91 Å². The summed E-state index contributed by atoms with van der Waals surface area (Å²) < 4.78 is 5.76. The van der Waals surface area contributed by atoms with E-state index >= 15 is 0 Å². The van der Waals surface area contributed by atoms with Gasteiger partial charge in [-0.15, -0.1) is 0 Å². The fraction of sp³-hybridized carbons (Fsp3) is 0.929. The van der Waals surface area contributed by atoms with Crippen LogP contribution in [0.4, 0.5) is 0 Å². The number of hydrogen-bond acceptors (Lipinski definition) is 3. The van der Waals surface area contributed by atoms with Crippen LogP contribution in [0.2, 0.25) is 0 Å². The van der Waals surface area contributed by atoms with Crippen LogP contribution in [0.1, 0.15) is 44.9 Å². The third kappa shape index (κ3) is 2.69. The van der Waals surface area contributed by atoms with Crippen molar-refractivity contribution in [2.75, 3.05) is 6.61 Å². The molecule has 0 aromatic heterocycles. The molecule has 0 bridgehead atoms. The van der Waals surface area contributed by atoms with Gasteiger partial charge in [0.05, 0.1) is 12.1 Å². The molecule has 4 heteroatoms. The quantitative estimate of drug-likeness (QED) is 0.793. The first-order valence-corrected chi connectivity index (χ1v) is 7.41. The summed E-state index contributed by atoms with van der Waals surface area (Å²) in [5, 5.41) is 3.22. The highest BCUT2D eigenvalue weighted by molar-refractivity contribution is 5.79. The fourth-order valence-electron chi connectivity index (χ4n) is 3.42. The first kappa shape index (κ1) is 12.4. The number of carbonyl (C=O) groups excluding carboxylic acids is 1. The third-order valence-corrected chi connectivity index (χ3v) is 4.64. The molecule has 1 amide bonds. The maximum atomic E-state index is 12.3. The number of nitrogens with one attached hydrogen (secondary N) is 1. The maximum absolute atomic E-state index is 12.3. The van der Waals surface area contributed by atoms with Crippen LogP contribution in [0, 0.1) is 11.8 Å². The van der Waals surface area contributed by atoms with Gasteiger partial charge in [-0.2, -0.15) is 0 Å². The molecular formula is C14H24N2O2. The Morgan fingerprint density at radius 2 is 2.00 bits per heavy atom. The van der Waals surface area contributed by atoms with Gasteiger partial charge in [0.15, 0.2) is 0 Å². The second kappa shape index (κ2) is 5.17. The highest BCUT2D eigenvalue weighted by Gasteiger charge is 2.41. The summed E-state index contributed by atoms with van der Waals surface area (Å²) in [7, 11) is 0. The molecule has 1 heterocycles. The van der Waals surface area contributed by atoms with Crippen molar-refractivity contribution in [1.29, 1.82) is 0 Å². The van der Waals surface area contributed by atoms with Crippen LogP contribution in [0.5, 0.6) is 0 Å². The Morgan fingerprint density at radius 1 is 1.17 bits per heavy atom. The fourth-order valence-corrected chi connectivity index (χ4v) is 3.42. The largest absolute Gasteiger partial charge is 0.376 e. The van der Waals surface area contributed by atoms with E-state index in [2.05, 4.69) is 5.32 Å². The Hall–Kier alpha value is -0.610. The maximum Gasteiger partial charge on any atom is 0.223 e. The number of amides is 1. The molecule has 4 atom stereocenters. The van der Waals surface area contributed by atoms with Gasteiger partial charge < -0.3 is 15.8 Å². The van der Waals surface area contributed by atoms with Crippen molar-refractivity contribution in [1.82, 2.24) is 5.32 Å². The molecule has 3 aliphatic rings. The van der Waals surface area contributed by atoms with Crippen molar-refractivity contribution in [3.63, 3.8) is 0 Å². The topological polar surface area (TPSA) is 64.4 Å². The molecule has 3 fully saturated rings. The number of ether oxygens (including phenoxy) is 1. The minimum absolute atomic E-state index is 0.134. The predicted octanol–water partition coefficient (Wildman–Crippen LogP) is 1.19. The number of nitrogens with two attached hydrogens (primary N) is 1. The first-order chi connectivity index (χ1) is 8.74. The predicted molar refractivity (Wildman–Crippen MR) is 68.9 cm³/mol. The molecule has 3 rings (SSSR count). The molecule has 0 aromatic carbocycles. The summed E-state index contributed by atoms with van der Waals surface area (Å²) in [6.45, 7) is 0.802. The average Bonchev–Trinajstić information content (AvgIpc) is 3.10. The van der Waals surface area contributed by atoms with Crippen molar-refractivity contribution in [3.8, 4) is 0 Å². The Kier molecular flexibility index (Phi) is 3.57. The highest BCUT2D eigenvalue weighted by atomic mass is 16.5. The van der Waals surface area contributed by atoms with E-state index in [0.29, 0.717) is 5.92 Å². The van der Waals surface area contributed by atoms with Crippen LogP contribution in [0.25, 0.3) is 0 Å². The van der Waals surface area contributed by atoms with E-state index in [-0.39, 0.29) is 30.0 Å². The molecule has 4 unspecified atom stereocenters. The zero-order valence-electron chi connectivity index (χ0n) is 10.9. The summed E-state index contributed by atoms with van der Waals surface area (Å²) >= 11 is 0. The smallest absolute Gasteiger partial charge is 0.223 e. The first-order valence-electron chi connectivity index (χ1n) is 7.41. The Labute approximate surface area is 109 Å². The summed E-state index contributed by atoms with van der Waals surface area (Å²) in [6, 6.07) is 0.469. The van der Waals surface area contributed by atoms with Gasteiger partial charge in [0.2, 0.25) is 5.91 Å². The molecule has 1 aliphatic heterocycles. The molecular weight excluding hydrogens is 228 g/mol. The van der Waals surface area contributed by atoms with Crippen LogP contribution in [0.15, 0.2) is 0 Å². The molecule has 102 valence electrons. The minimum Gasteiger partial charge on any atom is -0.376 e. The molecule has 2 saturated carbocycles. The normalized spacial score (nSPS) is 40.7. The minimum atomic E-state index is 0.134. The van der Waals surface area contributed by atoms with E-state index in [1.807, 2.05) is 0 Å². The van der Waals surface area contributed by atoms with Crippen molar-refractivity contribution in [2.24, 2.45) is 17.6 Å². The van der Waals surface area contributed by atoms with Crippen molar-refractivity contribution in [3.05, 3.63) is 0 Å². The van der Waals surface area contributed by atoms with E-state index in [1.54, 1.807) is 0 Å². The third-order valence-electron chi connectivity index (χ3n) is 4.64. The van der Waals surface area contributed by atoms with Crippen LogP contribution in [-0.2, 0) is 9.53 Å². The SMILES string of the molecule is NC1CCCC(C(=O)NC2CCOC2C2CC2)C1. The van der Waals surface area contributed by atoms with Gasteiger partial charge in [0, 0.05) is 18.6 Å². The van der Waals surface area contributed by atoms with Crippen LogP contribution in [-0.4, -0.2) is 30.7 Å².